The first kappa shape index (κ1) is 16.8. The highest BCUT2D eigenvalue weighted by atomic mass is 19.1. The second kappa shape index (κ2) is 7.23. The van der Waals surface area contributed by atoms with Crippen molar-refractivity contribution < 1.29 is 14.3 Å². The number of aliphatic hydroxyl groups is 1. The first-order chi connectivity index (χ1) is 12.1. The van der Waals surface area contributed by atoms with E-state index in [-0.39, 0.29) is 29.6 Å². The molecule has 3 N–H and O–H groups in total. The van der Waals surface area contributed by atoms with Gasteiger partial charge in [0.1, 0.15) is 11.3 Å². The smallest absolute Gasteiger partial charge is 0.276 e. The summed E-state index contributed by atoms with van der Waals surface area (Å²) in [6.45, 7) is -0.132. The SMILES string of the molecule is O=C(NC(CCO)c1ccccc1)c1n[nH]c2c(F)cccc2c1=O. The minimum Gasteiger partial charge on any atom is -0.396 e. The minimum atomic E-state index is -0.685. The molecule has 25 heavy (non-hydrogen) atoms. The third-order valence-corrected chi connectivity index (χ3v) is 3.89. The number of aromatic amines is 1. The van der Waals surface area contributed by atoms with Crippen LogP contribution in [0, 0.1) is 5.82 Å². The lowest BCUT2D eigenvalue weighted by Crippen LogP contribution is -2.34. The average Bonchev–Trinajstić information content (AvgIpc) is 2.63. The molecule has 1 aromatic heterocycles. The first-order valence-electron chi connectivity index (χ1n) is 7.75. The second-order valence-corrected chi connectivity index (χ2v) is 5.51. The molecule has 1 atom stereocenters. The van der Waals surface area contributed by atoms with Gasteiger partial charge in [0, 0.05) is 6.61 Å². The van der Waals surface area contributed by atoms with Crippen LogP contribution in [0.2, 0.25) is 0 Å². The topological polar surface area (TPSA) is 95.1 Å². The molecule has 0 spiro atoms. The van der Waals surface area contributed by atoms with Crippen LogP contribution in [0.4, 0.5) is 4.39 Å². The van der Waals surface area contributed by atoms with E-state index in [1.807, 2.05) is 30.3 Å². The highest BCUT2D eigenvalue weighted by molar-refractivity contribution is 5.95. The standard InChI is InChI=1S/C18H16FN3O3/c19-13-8-4-7-12-15(13)21-22-16(17(12)24)18(25)20-14(9-10-23)11-5-2-1-3-6-11/h1-8,14,23H,9-10H2,(H,20,25)(H,21,24). The maximum absolute atomic E-state index is 13.7. The number of hydrogen-bond acceptors (Lipinski definition) is 4. The van der Waals surface area contributed by atoms with Crippen LogP contribution in [0.25, 0.3) is 10.9 Å². The summed E-state index contributed by atoms with van der Waals surface area (Å²) in [5.74, 6) is -1.30. The summed E-state index contributed by atoms with van der Waals surface area (Å²) in [5.41, 5.74) is -0.245. The number of H-pyrrole nitrogens is 1. The third kappa shape index (κ3) is 3.41. The Morgan fingerprint density at radius 2 is 1.96 bits per heavy atom. The van der Waals surface area contributed by atoms with Crippen LogP contribution >= 0.6 is 0 Å². The first-order valence-corrected chi connectivity index (χ1v) is 7.75. The molecule has 1 amide bonds. The summed E-state index contributed by atoms with van der Waals surface area (Å²) in [5, 5.41) is 18.1. The van der Waals surface area contributed by atoms with Crippen molar-refractivity contribution in [3.8, 4) is 0 Å². The lowest BCUT2D eigenvalue weighted by atomic mass is 10.0. The molecule has 3 rings (SSSR count). The molecule has 0 saturated heterocycles. The molecule has 0 fully saturated rings. The number of nitrogens with zero attached hydrogens (tertiary/aromatic N) is 1. The van der Waals surface area contributed by atoms with E-state index in [0.717, 1.165) is 5.56 Å². The van der Waals surface area contributed by atoms with E-state index in [1.54, 1.807) is 0 Å². The van der Waals surface area contributed by atoms with Crippen molar-refractivity contribution in [2.24, 2.45) is 0 Å². The summed E-state index contributed by atoms with van der Waals surface area (Å²) in [7, 11) is 0. The number of aliphatic hydroxyl groups excluding tert-OH is 1. The molecule has 1 heterocycles. The van der Waals surface area contributed by atoms with Gasteiger partial charge in [-0.25, -0.2) is 4.39 Å². The molecule has 0 aliphatic carbocycles. The Morgan fingerprint density at radius 1 is 1.20 bits per heavy atom. The minimum absolute atomic E-state index is 0.0426. The molecule has 0 aliphatic heterocycles. The lowest BCUT2D eigenvalue weighted by Gasteiger charge is -2.17. The van der Waals surface area contributed by atoms with E-state index >= 15 is 0 Å². The Kier molecular flexibility index (Phi) is 4.85. The van der Waals surface area contributed by atoms with Gasteiger partial charge in [0.25, 0.3) is 5.91 Å². The normalized spacial score (nSPS) is 12.1. The Balaban J connectivity index is 1.94. The van der Waals surface area contributed by atoms with Crippen molar-refractivity contribution in [2.45, 2.75) is 12.5 Å². The Labute approximate surface area is 142 Å². The molecule has 3 aromatic rings. The van der Waals surface area contributed by atoms with Gasteiger partial charge in [0.2, 0.25) is 5.43 Å². The van der Waals surface area contributed by atoms with Gasteiger partial charge in [-0.05, 0) is 24.1 Å². The van der Waals surface area contributed by atoms with Gasteiger partial charge in [-0.1, -0.05) is 36.4 Å². The molecule has 0 radical (unpaired) electrons. The van der Waals surface area contributed by atoms with Crippen LogP contribution in [0.1, 0.15) is 28.5 Å². The largest absolute Gasteiger partial charge is 0.396 e. The van der Waals surface area contributed by atoms with Gasteiger partial charge in [0.05, 0.1) is 11.4 Å². The number of amides is 1. The predicted octanol–water partition coefficient (Wildman–Crippen LogP) is 1.92. The maximum atomic E-state index is 13.7. The molecular formula is C18H16FN3O3. The van der Waals surface area contributed by atoms with Gasteiger partial charge in [-0.15, -0.1) is 0 Å². The molecular weight excluding hydrogens is 325 g/mol. The predicted molar refractivity (Wildman–Crippen MR) is 90.7 cm³/mol. The molecule has 0 aliphatic rings. The summed E-state index contributed by atoms with van der Waals surface area (Å²) in [4.78, 5) is 24.9. The average molecular weight is 341 g/mol. The summed E-state index contributed by atoms with van der Waals surface area (Å²) >= 11 is 0. The van der Waals surface area contributed by atoms with E-state index in [4.69, 9.17) is 0 Å². The van der Waals surface area contributed by atoms with Gasteiger partial charge in [-0.2, -0.15) is 5.10 Å². The van der Waals surface area contributed by atoms with E-state index in [9.17, 15) is 19.1 Å². The number of carbonyl (C=O) groups is 1. The van der Waals surface area contributed by atoms with Gasteiger partial charge in [0.15, 0.2) is 5.69 Å². The van der Waals surface area contributed by atoms with Crippen molar-refractivity contribution in [3.05, 3.63) is 75.8 Å². The summed E-state index contributed by atoms with van der Waals surface area (Å²) in [6.07, 6.45) is 0.288. The fraction of sp³-hybridized carbons (Fsp3) is 0.167. The molecule has 0 bridgehead atoms. The number of halogens is 1. The van der Waals surface area contributed by atoms with E-state index in [2.05, 4.69) is 15.5 Å². The zero-order valence-electron chi connectivity index (χ0n) is 13.2. The Bertz CT molecular complexity index is 957. The number of fused-ring (bicyclic) bond motifs is 1. The highest BCUT2D eigenvalue weighted by Gasteiger charge is 2.20. The zero-order valence-corrected chi connectivity index (χ0v) is 13.2. The van der Waals surface area contributed by atoms with Gasteiger partial charge < -0.3 is 10.4 Å². The fourth-order valence-corrected chi connectivity index (χ4v) is 2.63. The number of carbonyl (C=O) groups excluding carboxylic acids is 1. The third-order valence-electron chi connectivity index (χ3n) is 3.89. The van der Waals surface area contributed by atoms with Crippen molar-refractivity contribution in [1.82, 2.24) is 15.5 Å². The number of para-hydroxylation sites is 1. The van der Waals surface area contributed by atoms with Crippen LogP contribution in [-0.2, 0) is 0 Å². The van der Waals surface area contributed by atoms with E-state index in [1.165, 1.54) is 18.2 Å². The molecule has 2 aromatic carbocycles. The fourth-order valence-electron chi connectivity index (χ4n) is 2.63. The summed E-state index contributed by atoms with van der Waals surface area (Å²) < 4.78 is 13.7. The Hall–Kier alpha value is -3.06. The zero-order chi connectivity index (χ0) is 17.8. The molecule has 6 nitrogen and oxygen atoms in total. The number of nitrogens with one attached hydrogen (secondary N) is 2. The van der Waals surface area contributed by atoms with Gasteiger partial charge >= 0.3 is 0 Å². The molecule has 7 heteroatoms. The number of hydrogen-bond donors (Lipinski definition) is 3. The van der Waals surface area contributed by atoms with Gasteiger partial charge in [-0.3, -0.25) is 14.7 Å². The monoisotopic (exact) mass is 341 g/mol. The lowest BCUT2D eigenvalue weighted by molar-refractivity contribution is 0.0923. The highest BCUT2D eigenvalue weighted by Crippen LogP contribution is 2.17. The van der Waals surface area contributed by atoms with Crippen LogP contribution < -0.4 is 10.7 Å². The van der Waals surface area contributed by atoms with Crippen LogP contribution in [0.5, 0.6) is 0 Å². The quantitative estimate of drug-likeness (QED) is 0.661. The second-order valence-electron chi connectivity index (χ2n) is 5.51. The number of rotatable bonds is 5. The molecule has 128 valence electrons. The molecule has 1 unspecified atom stereocenters. The Morgan fingerprint density at radius 3 is 2.68 bits per heavy atom. The van der Waals surface area contributed by atoms with Crippen molar-refractivity contribution in [2.75, 3.05) is 6.61 Å². The molecule has 0 saturated carbocycles. The number of benzene rings is 2. The van der Waals surface area contributed by atoms with Crippen LogP contribution in [-0.4, -0.2) is 27.8 Å². The van der Waals surface area contributed by atoms with E-state index < -0.39 is 23.2 Å². The van der Waals surface area contributed by atoms with Crippen molar-refractivity contribution in [1.29, 1.82) is 0 Å². The van der Waals surface area contributed by atoms with Crippen LogP contribution in [0.15, 0.2) is 53.3 Å². The van der Waals surface area contributed by atoms with Crippen LogP contribution in [0.3, 0.4) is 0 Å². The summed E-state index contributed by atoms with van der Waals surface area (Å²) in [6, 6.07) is 12.7. The number of aromatic nitrogens is 2. The van der Waals surface area contributed by atoms with E-state index in [0.29, 0.717) is 0 Å². The van der Waals surface area contributed by atoms with Crippen molar-refractivity contribution >= 4 is 16.8 Å². The van der Waals surface area contributed by atoms with Crippen molar-refractivity contribution in [3.63, 3.8) is 0 Å². The maximum Gasteiger partial charge on any atom is 0.276 e.